The van der Waals surface area contributed by atoms with Crippen LogP contribution >= 0.6 is 0 Å². The zero-order valence-electron chi connectivity index (χ0n) is 15.4. The molecule has 2 aliphatic heterocycles. The van der Waals surface area contributed by atoms with Gasteiger partial charge in [0.15, 0.2) is 9.84 Å². The summed E-state index contributed by atoms with van der Waals surface area (Å²) in [6, 6.07) is 7.91. The Kier molecular flexibility index (Phi) is 4.82. The molecular formula is C20H28N2O3S. The predicted octanol–water partition coefficient (Wildman–Crippen LogP) is 2.76. The maximum atomic E-state index is 12.9. The number of piperidine rings is 1. The smallest absolute Gasteiger partial charge is 0.253 e. The van der Waals surface area contributed by atoms with Gasteiger partial charge in [0.25, 0.3) is 5.91 Å². The van der Waals surface area contributed by atoms with E-state index in [1.165, 1.54) is 12.8 Å². The van der Waals surface area contributed by atoms with Crippen molar-refractivity contribution in [2.75, 3.05) is 7.05 Å². The van der Waals surface area contributed by atoms with Crippen molar-refractivity contribution < 1.29 is 13.2 Å². The summed E-state index contributed by atoms with van der Waals surface area (Å²) >= 11 is 0. The maximum absolute atomic E-state index is 12.9. The Morgan fingerprint density at radius 3 is 2.15 bits per heavy atom. The van der Waals surface area contributed by atoms with Crippen molar-refractivity contribution in [2.24, 2.45) is 0 Å². The lowest BCUT2D eigenvalue weighted by molar-refractivity contribution is 0.0681. The first kappa shape index (κ1) is 18.0. The van der Waals surface area contributed by atoms with E-state index in [9.17, 15) is 13.2 Å². The fourth-order valence-electron chi connectivity index (χ4n) is 4.89. The number of fused-ring (bicyclic) bond motifs is 2. The van der Waals surface area contributed by atoms with Crippen molar-refractivity contribution in [1.82, 2.24) is 10.2 Å². The third kappa shape index (κ3) is 3.29. The number of nitrogens with zero attached hydrogens (tertiary/aromatic N) is 1. The summed E-state index contributed by atoms with van der Waals surface area (Å²) in [6.45, 7) is 0. The third-order valence-electron chi connectivity index (χ3n) is 6.49. The molecule has 4 rings (SSSR count). The molecule has 1 aliphatic carbocycles. The molecule has 6 heteroatoms. The van der Waals surface area contributed by atoms with Gasteiger partial charge < -0.3 is 10.2 Å². The second-order valence-electron chi connectivity index (χ2n) is 8.16. The third-order valence-corrected chi connectivity index (χ3v) is 8.77. The quantitative estimate of drug-likeness (QED) is 0.877. The number of carbonyl (C=O) groups is 1. The SMILES string of the molecule is CN(C(=O)c1ccc(S(=O)(=O)C2CCCC2)cc1)C1CC2CCC(C1)N2. The molecule has 2 unspecified atom stereocenters. The summed E-state index contributed by atoms with van der Waals surface area (Å²) in [5.74, 6) is -0.0129. The Hall–Kier alpha value is -1.40. The molecule has 2 heterocycles. The highest BCUT2D eigenvalue weighted by Crippen LogP contribution is 2.31. The van der Waals surface area contributed by atoms with Gasteiger partial charge in [-0.15, -0.1) is 0 Å². The molecule has 5 nitrogen and oxygen atoms in total. The summed E-state index contributed by atoms with van der Waals surface area (Å²) < 4.78 is 25.3. The minimum Gasteiger partial charge on any atom is -0.339 e. The molecule has 1 aromatic rings. The van der Waals surface area contributed by atoms with Crippen molar-refractivity contribution in [2.45, 2.75) is 79.6 Å². The molecule has 3 aliphatic rings. The van der Waals surface area contributed by atoms with E-state index in [1.54, 1.807) is 24.3 Å². The summed E-state index contributed by atoms with van der Waals surface area (Å²) in [4.78, 5) is 15.1. The standard InChI is InChI=1S/C20H28N2O3S/c1-22(17-12-15-8-9-16(13-17)21-15)20(23)14-6-10-19(11-7-14)26(24,25)18-4-2-3-5-18/h6-7,10-11,15-18,21H,2-5,8-9,12-13H2,1H3. The average molecular weight is 377 g/mol. The van der Waals surface area contributed by atoms with Crippen LogP contribution in [0.1, 0.15) is 61.7 Å². The van der Waals surface area contributed by atoms with Gasteiger partial charge in [0.2, 0.25) is 0 Å². The lowest BCUT2D eigenvalue weighted by Crippen LogP contribution is -2.48. The van der Waals surface area contributed by atoms with Gasteiger partial charge >= 0.3 is 0 Å². The van der Waals surface area contributed by atoms with Crippen LogP contribution < -0.4 is 5.32 Å². The normalized spacial score (nSPS) is 29.0. The molecule has 2 bridgehead atoms. The summed E-state index contributed by atoms with van der Waals surface area (Å²) in [6.07, 6.45) is 7.91. The van der Waals surface area contributed by atoms with Crippen LogP contribution in [-0.2, 0) is 9.84 Å². The van der Waals surface area contributed by atoms with Crippen LogP contribution in [0, 0.1) is 0 Å². The second kappa shape index (κ2) is 6.97. The Bertz CT molecular complexity index is 757. The molecule has 2 atom stereocenters. The van der Waals surface area contributed by atoms with Crippen LogP contribution in [-0.4, -0.2) is 49.6 Å². The zero-order chi connectivity index (χ0) is 18.3. The Morgan fingerprint density at radius 1 is 1.00 bits per heavy atom. The predicted molar refractivity (Wildman–Crippen MR) is 101 cm³/mol. The lowest BCUT2D eigenvalue weighted by Gasteiger charge is -2.35. The number of rotatable bonds is 4. The van der Waals surface area contributed by atoms with Crippen molar-refractivity contribution in [3.05, 3.63) is 29.8 Å². The number of hydrogen-bond acceptors (Lipinski definition) is 4. The fraction of sp³-hybridized carbons (Fsp3) is 0.650. The molecule has 0 aromatic heterocycles. The summed E-state index contributed by atoms with van der Waals surface area (Å²) in [5.41, 5.74) is 0.573. The van der Waals surface area contributed by atoms with E-state index >= 15 is 0 Å². The summed E-state index contributed by atoms with van der Waals surface area (Å²) in [7, 11) is -1.39. The fourth-order valence-corrected chi connectivity index (χ4v) is 6.75. The molecule has 0 radical (unpaired) electrons. The number of sulfone groups is 1. The van der Waals surface area contributed by atoms with Crippen molar-refractivity contribution in [3.8, 4) is 0 Å². The van der Waals surface area contributed by atoms with E-state index in [0.29, 0.717) is 22.5 Å². The highest BCUT2D eigenvalue weighted by molar-refractivity contribution is 7.92. The topological polar surface area (TPSA) is 66.5 Å². The first-order chi connectivity index (χ1) is 12.4. The minimum absolute atomic E-state index is 0.0129. The number of amides is 1. The minimum atomic E-state index is -3.26. The number of carbonyl (C=O) groups excluding carboxylic acids is 1. The van der Waals surface area contributed by atoms with Crippen LogP contribution in [0.3, 0.4) is 0 Å². The van der Waals surface area contributed by atoms with E-state index in [-0.39, 0.29) is 17.2 Å². The zero-order valence-corrected chi connectivity index (χ0v) is 16.2. The van der Waals surface area contributed by atoms with Crippen molar-refractivity contribution >= 4 is 15.7 Å². The Balaban J connectivity index is 1.47. The Labute approximate surface area is 156 Å². The van der Waals surface area contributed by atoms with E-state index in [2.05, 4.69) is 5.32 Å². The lowest BCUT2D eigenvalue weighted by atomic mass is 9.98. The van der Waals surface area contributed by atoms with Gasteiger partial charge in [-0.05, 0) is 62.8 Å². The molecule has 1 N–H and O–H groups in total. The molecule has 2 saturated heterocycles. The van der Waals surface area contributed by atoms with Crippen LogP contribution in [0.15, 0.2) is 29.2 Å². The van der Waals surface area contributed by atoms with Gasteiger partial charge in [0, 0.05) is 30.7 Å². The molecule has 1 saturated carbocycles. The van der Waals surface area contributed by atoms with Crippen molar-refractivity contribution in [3.63, 3.8) is 0 Å². The first-order valence-electron chi connectivity index (χ1n) is 9.82. The van der Waals surface area contributed by atoms with Crippen LogP contribution in [0.2, 0.25) is 0 Å². The van der Waals surface area contributed by atoms with Crippen LogP contribution in [0.4, 0.5) is 0 Å². The monoisotopic (exact) mass is 376 g/mol. The summed E-state index contributed by atoms with van der Waals surface area (Å²) in [5, 5.41) is 3.35. The molecule has 1 aromatic carbocycles. The average Bonchev–Trinajstić information content (AvgIpc) is 3.31. The number of nitrogens with one attached hydrogen (secondary N) is 1. The molecular weight excluding hydrogens is 348 g/mol. The first-order valence-corrected chi connectivity index (χ1v) is 11.4. The van der Waals surface area contributed by atoms with Gasteiger partial charge in [-0.1, -0.05) is 12.8 Å². The largest absolute Gasteiger partial charge is 0.339 e. The van der Waals surface area contributed by atoms with Gasteiger partial charge in [-0.2, -0.15) is 0 Å². The van der Waals surface area contributed by atoms with Crippen LogP contribution in [0.25, 0.3) is 0 Å². The molecule has 1 amide bonds. The van der Waals surface area contributed by atoms with Gasteiger partial charge in [0.1, 0.15) is 0 Å². The van der Waals surface area contributed by atoms with Crippen LogP contribution in [0.5, 0.6) is 0 Å². The van der Waals surface area contributed by atoms with E-state index in [0.717, 1.165) is 38.5 Å². The molecule has 3 fully saturated rings. The molecule has 142 valence electrons. The van der Waals surface area contributed by atoms with Gasteiger partial charge in [-0.3, -0.25) is 4.79 Å². The van der Waals surface area contributed by atoms with Crippen molar-refractivity contribution in [1.29, 1.82) is 0 Å². The highest BCUT2D eigenvalue weighted by Gasteiger charge is 2.36. The number of hydrogen-bond donors (Lipinski definition) is 1. The molecule has 0 spiro atoms. The second-order valence-corrected chi connectivity index (χ2v) is 10.4. The highest BCUT2D eigenvalue weighted by atomic mass is 32.2. The van der Waals surface area contributed by atoms with E-state index in [1.807, 2.05) is 11.9 Å². The van der Waals surface area contributed by atoms with E-state index < -0.39 is 9.84 Å². The molecule has 26 heavy (non-hydrogen) atoms. The maximum Gasteiger partial charge on any atom is 0.253 e. The van der Waals surface area contributed by atoms with Gasteiger partial charge in [0.05, 0.1) is 10.1 Å². The number of benzene rings is 1. The van der Waals surface area contributed by atoms with Gasteiger partial charge in [-0.25, -0.2) is 8.42 Å². The Morgan fingerprint density at radius 2 is 1.58 bits per heavy atom. The van der Waals surface area contributed by atoms with E-state index in [4.69, 9.17) is 0 Å².